The van der Waals surface area contributed by atoms with Crippen molar-refractivity contribution in [2.45, 2.75) is 32.5 Å². The molecule has 0 atom stereocenters. The Hall–Kier alpha value is -7.28. The zero-order valence-electron chi connectivity index (χ0n) is 34.4. The zero-order valence-corrected chi connectivity index (χ0v) is 35.4. The molecule has 9 aromatic rings. The number of aromatic nitrogens is 4. The van der Waals surface area contributed by atoms with E-state index in [0.29, 0.717) is 31.0 Å². The van der Waals surface area contributed by atoms with Gasteiger partial charge in [-0.25, -0.2) is 15.0 Å². The first-order valence-electron chi connectivity index (χ1n) is 21.0. The van der Waals surface area contributed by atoms with Crippen LogP contribution in [0.4, 0.5) is 11.4 Å². The Labute approximate surface area is 359 Å². The number of fused-ring (bicyclic) bond motifs is 2. The Morgan fingerprint density at radius 3 is 1.51 bits per heavy atom. The van der Waals surface area contributed by atoms with E-state index in [-0.39, 0.29) is 0 Å². The topological polar surface area (TPSA) is 54.8 Å². The average Bonchev–Trinajstić information content (AvgIpc) is 3.33. The largest absolute Gasteiger partial charge is 0.336 e. The van der Waals surface area contributed by atoms with Gasteiger partial charge in [-0.3, -0.25) is 4.98 Å². The van der Waals surface area contributed by atoms with E-state index in [1.165, 1.54) is 49.6 Å². The highest BCUT2D eigenvalue weighted by Gasteiger charge is 2.38. The van der Waals surface area contributed by atoms with Crippen LogP contribution in [0.3, 0.4) is 0 Å². The van der Waals surface area contributed by atoms with Crippen molar-refractivity contribution in [1.82, 2.24) is 19.9 Å². The fraction of sp³-hybridized carbons (Fsp3) is 0.0909. The number of nitrogens with zero attached hydrogens (tertiary/aromatic N) is 5. The fourth-order valence-corrected chi connectivity index (χ4v) is 11.8. The van der Waals surface area contributed by atoms with Crippen LogP contribution in [0.1, 0.15) is 17.1 Å². The van der Waals surface area contributed by atoms with Gasteiger partial charge in [0.05, 0.1) is 12.2 Å². The van der Waals surface area contributed by atoms with E-state index >= 15 is 0 Å². The number of benzene rings is 7. The van der Waals surface area contributed by atoms with Crippen molar-refractivity contribution in [3.8, 4) is 56.2 Å². The first kappa shape index (κ1) is 38.0. The molecule has 0 saturated carbocycles. The first-order valence-corrected chi connectivity index (χ1v) is 24.0. The van der Waals surface area contributed by atoms with Crippen LogP contribution in [0.25, 0.3) is 56.2 Å². The smallest absolute Gasteiger partial charge is 0.163 e. The summed E-state index contributed by atoms with van der Waals surface area (Å²) in [6.07, 6.45) is 3.39. The molecule has 0 radical (unpaired) electrons. The van der Waals surface area contributed by atoms with Crippen molar-refractivity contribution in [1.29, 1.82) is 0 Å². The maximum Gasteiger partial charge on any atom is 0.163 e. The Bertz CT molecular complexity index is 2860. The van der Waals surface area contributed by atoms with E-state index in [1.54, 1.807) is 0 Å². The summed E-state index contributed by atoms with van der Waals surface area (Å²) in [6.45, 7) is 5.57. The maximum absolute atomic E-state index is 5.43. The second-order valence-electron chi connectivity index (χ2n) is 16.2. The summed E-state index contributed by atoms with van der Waals surface area (Å²) < 4.78 is 0. The summed E-state index contributed by atoms with van der Waals surface area (Å²) in [6, 6.07) is 68.8. The van der Waals surface area contributed by atoms with Crippen LogP contribution >= 0.6 is 0 Å². The number of rotatable bonds is 10. The lowest BCUT2D eigenvalue weighted by atomic mass is 9.90. The highest BCUT2D eigenvalue weighted by molar-refractivity contribution is 7.02. The summed E-state index contributed by atoms with van der Waals surface area (Å²) in [5, 5.41) is 2.90. The van der Waals surface area contributed by atoms with Crippen LogP contribution in [0.15, 0.2) is 200 Å². The maximum atomic E-state index is 5.43. The van der Waals surface area contributed by atoms with Gasteiger partial charge in [0.1, 0.15) is 13.9 Å². The van der Waals surface area contributed by atoms with Crippen LogP contribution in [-0.2, 0) is 19.4 Å². The highest BCUT2D eigenvalue weighted by atomic mass is 28.3. The van der Waals surface area contributed by atoms with E-state index in [9.17, 15) is 0 Å². The Kier molecular flexibility index (Phi) is 10.2. The summed E-state index contributed by atoms with van der Waals surface area (Å²) >= 11 is 0. The van der Waals surface area contributed by atoms with Crippen molar-refractivity contribution in [2.75, 3.05) is 4.90 Å². The van der Waals surface area contributed by atoms with Gasteiger partial charge >= 0.3 is 0 Å². The van der Waals surface area contributed by atoms with Crippen molar-refractivity contribution in [3.05, 3.63) is 217 Å². The van der Waals surface area contributed by atoms with Gasteiger partial charge < -0.3 is 4.90 Å². The van der Waals surface area contributed by atoms with Crippen molar-refractivity contribution >= 4 is 29.8 Å². The molecular weight excluding hydrogens is 759 g/mol. The Balaban J connectivity index is 1.11. The van der Waals surface area contributed by atoms with E-state index in [1.807, 2.05) is 36.4 Å². The minimum absolute atomic E-state index is 0.614. The highest BCUT2D eigenvalue weighted by Crippen LogP contribution is 2.38. The van der Waals surface area contributed by atoms with Crippen molar-refractivity contribution in [3.63, 3.8) is 0 Å². The number of para-hydroxylation sites is 2. The molecule has 0 bridgehead atoms. The normalized spacial score (nSPS) is 12.7. The number of anilines is 2. The van der Waals surface area contributed by atoms with Crippen LogP contribution in [-0.4, -0.2) is 28.0 Å². The monoisotopic (exact) mass is 803 g/mol. The second-order valence-corrected chi connectivity index (χ2v) is 20.5. The third-order valence-electron chi connectivity index (χ3n) is 12.0. The minimum atomic E-state index is -1.94. The van der Waals surface area contributed by atoms with Gasteiger partial charge in [-0.2, -0.15) is 0 Å². The Morgan fingerprint density at radius 2 is 0.934 bits per heavy atom. The molecule has 1 aliphatic heterocycles. The molecule has 2 aromatic heterocycles. The molecule has 5 nitrogen and oxygen atoms in total. The summed E-state index contributed by atoms with van der Waals surface area (Å²) in [4.78, 5) is 23.1. The van der Waals surface area contributed by atoms with Crippen LogP contribution in [0.5, 0.6) is 0 Å². The molecule has 0 amide bonds. The molecular formula is C55H45N5Si. The number of hydrogen-bond acceptors (Lipinski definition) is 5. The van der Waals surface area contributed by atoms with E-state index in [2.05, 4.69) is 182 Å². The number of pyridine rings is 1. The van der Waals surface area contributed by atoms with E-state index in [0.717, 1.165) is 33.8 Å². The van der Waals surface area contributed by atoms with Gasteiger partial charge in [-0.15, -0.1) is 0 Å². The quantitative estimate of drug-likeness (QED) is 0.129. The van der Waals surface area contributed by atoms with Crippen molar-refractivity contribution < 1.29 is 0 Å². The number of aryl methyl sites for hydroxylation is 2. The lowest BCUT2D eigenvalue weighted by Gasteiger charge is -2.41. The summed E-state index contributed by atoms with van der Waals surface area (Å²) in [5.74, 6) is 2.10. The van der Waals surface area contributed by atoms with Gasteiger partial charge in [-0.1, -0.05) is 183 Å². The Morgan fingerprint density at radius 1 is 0.426 bits per heavy atom. The molecule has 0 N–H and O–H groups in total. The van der Waals surface area contributed by atoms with E-state index < -0.39 is 8.07 Å². The SMILES string of the molecule is C[Si]1(C)c2ccccc2N(Cc2ncc(-c3cc(-c4ccccc4)ccc3-c3ccccc3)cc2CCc2nc(-c3ccccc3)nc(-c3ccccc3)n2)c2ccccc21. The molecule has 10 rings (SSSR count). The van der Waals surface area contributed by atoms with Crippen molar-refractivity contribution in [2.24, 2.45) is 0 Å². The molecule has 1 aliphatic rings. The van der Waals surface area contributed by atoms with Gasteiger partial charge in [0.15, 0.2) is 11.6 Å². The van der Waals surface area contributed by atoms with Gasteiger partial charge in [0.25, 0.3) is 0 Å². The molecule has 0 spiro atoms. The fourth-order valence-electron chi connectivity index (χ4n) is 8.79. The molecule has 61 heavy (non-hydrogen) atoms. The summed E-state index contributed by atoms with van der Waals surface area (Å²) in [5.41, 5.74) is 13.6. The third-order valence-corrected chi connectivity index (χ3v) is 15.5. The molecule has 0 fully saturated rings. The lowest BCUT2D eigenvalue weighted by molar-refractivity contribution is 0.816. The van der Waals surface area contributed by atoms with E-state index in [4.69, 9.17) is 19.9 Å². The number of hydrogen-bond donors (Lipinski definition) is 0. The average molecular weight is 804 g/mol. The van der Waals surface area contributed by atoms with Crippen LogP contribution in [0.2, 0.25) is 13.1 Å². The molecule has 6 heteroatoms. The molecule has 7 aromatic carbocycles. The van der Waals surface area contributed by atoms with Gasteiger partial charge in [0, 0.05) is 40.7 Å². The minimum Gasteiger partial charge on any atom is -0.336 e. The third kappa shape index (κ3) is 7.58. The summed E-state index contributed by atoms with van der Waals surface area (Å²) in [7, 11) is -1.94. The molecule has 3 heterocycles. The molecule has 0 saturated heterocycles. The predicted molar refractivity (Wildman–Crippen MR) is 254 cm³/mol. The van der Waals surface area contributed by atoms with Crippen LogP contribution < -0.4 is 15.3 Å². The molecule has 294 valence electrons. The molecule has 0 aliphatic carbocycles. The second kappa shape index (κ2) is 16.4. The van der Waals surface area contributed by atoms with Gasteiger partial charge in [-0.05, 0) is 74.4 Å². The lowest BCUT2D eigenvalue weighted by Crippen LogP contribution is -2.59. The van der Waals surface area contributed by atoms with Crippen LogP contribution in [0, 0.1) is 0 Å². The zero-order chi connectivity index (χ0) is 41.2. The molecule has 0 unspecified atom stereocenters. The predicted octanol–water partition coefficient (Wildman–Crippen LogP) is 11.9. The van der Waals surface area contributed by atoms with Gasteiger partial charge in [0.2, 0.25) is 0 Å². The standard InChI is InChI=1S/C55H45N5Si/c1-61(2)51-29-17-15-27-49(51)60(50-28-16-18-30-52(50)61)38-48-44(32-34-53-57-54(41-23-11-5-12-24-41)59-55(58-53)42-25-13-6-14-26-42)35-45(37-56-48)47-36-43(39-19-7-3-8-20-39)31-33-46(47)40-21-9-4-10-22-40/h3-31,33,35-37H,32,34,38H2,1-2H3. The first-order chi connectivity index (χ1) is 30.0.